The van der Waals surface area contributed by atoms with Crippen LogP contribution in [-0.2, 0) is 0 Å². The van der Waals surface area contributed by atoms with Gasteiger partial charge in [0, 0.05) is 0 Å². The molecule has 1 radical (unpaired) electrons. The highest BCUT2D eigenvalue weighted by atomic mass is 31.2. The van der Waals surface area contributed by atoms with Crippen molar-refractivity contribution < 1.29 is 4.89 Å². The van der Waals surface area contributed by atoms with E-state index in [1.807, 2.05) is 91.0 Å². The zero-order valence-corrected chi connectivity index (χ0v) is 11.9. The molecule has 0 bridgehead atoms. The lowest BCUT2D eigenvalue weighted by atomic mass is 10.4. The molecule has 0 atom stereocenters. The van der Waals surface area contributed by atoms with Gasteiger partial charge in [0.1, 0.15) is 0 Å². The predicted molar refractivity (Wildman–Crippen MR) is 85.1 cm³/mol. The van der Waals surface area contributed by atoms with Crippen molar-refractivity contribution in [3.8, 4) is 0 Å². The molecule has 3 aromatic carbocycles. The van der Waals surface area contributed by atoms with Crippen LogP contribution in [0.5, 0.6) is 0 Å². The Morgan fingerprint density at radius 2 is 0.700 bits per heavy atom. The lowest BCUT2D eigenvalue weighted by Crippen LogP contribution is -2.39. The third-order valence-electron chi connectivity index (χ3n) is 3.36. The summed E-state index contributed by atoms with van der Waals surface area (Å²) >= 11 is 0. The maximum atomic E-state index is 13.8. The van der Waals surface area contributed by atoms with Gasteiger partial charge in [-0.05, 0) is 15.9 Å². The van der Waals surface area contributed by atoms with Crippen molar-refractivity contribution in [1.82, 2.24) is 0 Å². The van der Waals surface area contributed by atoms with E-state index in [9.17, 15) is 4.89 Å². The topological polar surface area (TPSA) is 23.1 Å². The van der Waals surface area contributed by atoms with Gasteiger partial charge in [-0.25, -0.2) is 0 Å². The molecule has 0 saturated carbocycles. The number of hydrogen-bond acceptors (Lipinski definition) is 1. The summed E-state index contributed by atoms with van der Waals surface area (Å²) in [5, 5.41) is 2.62. The minimum absolute atomic E-state index is 0.873. The van der Waals surface area contributed by atoms with E-state index in [-0.39, 0.29) is 0 Å². The van der Waals surface area contributed by atoms with Crippen molar-refractivity contribution in [2.45, 2.75) is 0 Å². The lowest BCUT2D eigenvalue weighted by Gasteiger charge is -2.45. The first kappa shape index (κ1) is 13.1. The Bertz CT molecular complexity index is 569. The Labute approximate surface area is 120 Å². The highest BCUT2D eigenvalue weighted by Crippen LogP contribution is 2.45. The molecule has 0 aliphatic rings. The van der Waals surface area contributed by atoms with E-state index in [0.717, 1.165) is 15.9 Å². The van der Waals surface area contributed by atoms with E-state index in [4.69, 9.17) is 0 Å². The van der Waals surface area contributed by atoms with Crippen LogP contribution in [0.2, 0.25) is 0 Å². The van der Waals surface area contributed by atoms with Gasteiger partial charge in [0.25, 0.3) is 0 Å². The zero-order valence-electron chi connectivity index (χ0n) is 11.0. The zero-order chi connectivity index (χ0) is 13.8. The van der Waals surface area contributed by atoms with Crippen molar-refractivity contribution in [3.05, 3.63) is 91.0 Å². The molecule has 0 N–H and O–H groups in total. The molecule has 0 aliphatic carbocycles. The van der Waals surface area contributed by atoms with Crippen molar-refractivity contribution in [1.29, 1.82) is 0 Å². The Morgan fingerprint density at radius 3 is 0.950 bits per heavy atom. The summed E-state index contributed by atoms with van der Waals surface area (Å²) in [6, 6.07) is 29.1. The van der Waals surface area contributed by atoms with Crippen molar-refractivity contribution in [3.63, 3.8) is 0 Å². The normalized spacial score (nSPS) is 11.2. The van der Waals surface area contributed by atoms with Gasteiger partial charge in [-0.1, -0.05) is 91.0 Å². The SMILES string of the molecule is [O-][P](c1ccccc1)(c1ccccc1)c1ccccc1. The molecule has 0 unspecified atom stereocenters. The molecule has 0 aromatic heterocycles. The summed E-state index contributed by atoms with van der Waals surface area (Å²) in [6.45, 7) is 0. The summed E-state index contributed by atoms with van der Waals surface area (Å²) in [7, 11) is -2.78. The van der Waals surface area contributed by atoms with E-state index >= 15 is 0 Å². The summed E-state index contributed by atoms with van der Waals surface area (Å²) < 4.78 is 0. The maximum absolute atomic E-state index is 13.8. The fourth-order valence-corrected chi connectivity index (χ4v) is 5.03. The molecule has 3 rings (SSSR count). The van der Waals surface area contributed by atoms with Gasteiger partial charge in [0.05, 0.1) is 0 Å². The molecule has 0 saturated heterocycles. The van der Waals surface area contributed by atoms with Crippen molar-refractivity contribution >= 4 is 23.4 Å². The summed E-state index contributed by atoms with van der Waals surface area (Å²) in [5.41, 5.74) is 0. The predicted octanol–water partition coefficient (Wildman–Crippen LogP) is 2.26. The third-order valence-corrected chi connectivity index (χ3v) is 6.44. The second kappa shape index (κ2) is 5.58. The second-order valence-corrected chi connectivity index (χ2v) is 7.38. The summed E-state index contributed by atoms with van der Waals surface area (Å²) in [6.07, 6.45) is 0. The van der Waals surface area contributed by atoms with E-state index in [0.29, 0.717) is 0 Å². The van der Waals surface area contributed by atoms with Crippen molar-refractivity contribution in [2.24, 2.45) is 0 Å². The number of rotatable bonds is 3. The molecule has 99 valence electrons. The molecule has 0 spiro atoms. The standard InChI is InChI=1S/C18H15OP/c19-20(16-10-4-1-5-11-16,17-12-6-2-7-13-17)18-14-8-3-9-15-18/h1-15H/q-1. The van der Waals surface area contributed by atoms with Gasteiger partial charge in [-0.15, -0.1) is 7.49 Å². The van der Waals surface area contributed by atoms with E-state index in [1.165, 1.54) is 0 Å². The second-order valence-electron chi connectivity index (χ2n) is 4.62. The van der Waals surface area contributed by atoms with Crippen molar-refractivity contribution in [2.75, 3.05) is 0 Å². The van der Waals surface area contributed by atoms with Gasteiger partial charge >= 0.3 is 0 Å². The molecular formula is C18H15OP-. The first-order valence-electron chi connectivity index (χ1n) is 6.59. The molecule has 3 aromatic rings. The Kier molecular flexibility index (Phi) is 3.64. The first-order chi connectivity index (χ1) is 9.82. The maximum Gasteiger partial charge on any atom is -0.0343 e. The Morgan fingerprint density at radius 1 is 0.450 bits per heavy atom. The smallest absolute Gasteiger partial charge is 0.0343 e. The van der Waals surface area contributed by atoms with E-state index in [1.54, 1.807) is 0 Å². The average Bonchev–Trinajstić information content (AvgIpc) is 2.56. The molecular weight excluding hydrogens is 263 g/mol. The molecule has 0 heterocycles. The highest BCUT2D eigenvalue weighted by molar-refractivity contribution is 7.89. The number of hydrogen-bond donors (Lipinski definition) is 0. The minimum atomic E-state index is -2.78. The van der Waals surface area contributed by atoms with Crippen LogP contribution in [-0.4, -0.2) is 0 Å². The fourth-order valence-electron chi connectivity index (χ4n) is 2.36. The van der Waals surface area contributed by atoms with Crippen LogP contribution in [0.15, 0.2) is 91.0 Å². The molecule has 0 amide bonds. The minimum Gasteiger partial charge on any atom is -0.822 e. The van der Waals surface area contributed by atoms with Crippen LogP contribution in [0.1, 0.15) is 0 Å². The van der Waals surface area contributed by atoms with Crippen LogP contribution < -0.4 is 20.8 Å². The van der Waals surface area contributed by atoms with E-state index < -0.39 is 7.49 Å². The Balaban J connectivity index is 2.24. The quantitative estimate of drug-likeness (QED) is 0.674. The molecule has 0 fully saturated rings. The van der Waals surface area contributed by atoms with Crippen LogP contribution >= 0.6 is 7.49 Å². The van der Waals surface area contributed by atoms with Crippen LogP contribution in [0.3, 0.4) is 0 Å². The lowest BCUT2D eigenvalue weighted by molar-refractivity contribution is -0.159. The van der Waals surface area contributed by atoms with Crippen LogP contribution in [0.25, 0.3) is 0 Å². The monoisotopic (exact) mass is 278 g/mol. The summed E-state index contributed by atoms with van der Waals surface area (Å²) in [5.74, 6) is 0. The van der Waals surface area contributed by atoms with Gasteiger partial charge in [0.15, 0.2) is 0 Å². The largest absolute Gasteiger partial charge is 0.822 e. The fraction of sp³-hybridized carbons (Fsp3) is 0. The van der Waals surface area contributed by atoms with Gasteiger partial charge < -0.3 is 4.89 Å². The average molecular weight is 278 g/mol. The highest BCUT2D eigenvalue weighted by Gasteiger charge is 2.20. The first-order valence-corrected chi connectivity index (χ1v) is 8.29. The van der Waals surface area contributed by atoms with Gasteiger partial charge in [0.2, 0.25) is 0 Å². The molecule has 2 heteroatoms. The molecule has 1 nitrogen and oxygen atoms in total. The van der Waals surface area contributed by atoms with Gasteiger partial charge in [-0.2, -0.15) is 0 Å². The summed E-state index contributed by atoms with van der Waals surface area (Å²) in [4.78, 5) is 13.8. The Hall–Kier alpha value is -1.95. The van der Waals surface area contributed by atoms with Crippen LogP contribution in [0.4, 0.5) is 0 Å². The molecule has 20 heavy (non-hydrogen) atoms. The van der Waals surface area contributed by atoms with Crippen LogP contribution in [0, 0.1) is 0 Å². The third kappa shape index (κ3) is 2.27. The van der Waals surface area contributed by atoms with Gasteiger partial charge in [-0.3, -0.25) is 0 Å². The van der Waals surface area contributed by atoms with E-state index in [2.05, 4.69) is 0 Å². The molecule has 0 aliphatic heterocycles. The number of benzene rings is 3.